The van der Waals surface area contributed by atoms with Crippen molar-refractivity contribution in [3.8, 4) is 0 Å². The average molecular weight is 471 g/mol. The zero-order valence-corrected chi connectivity index (χ0v) is 19.8. The Kier molecular flexibility index (Phi) is 8.18. The van der Waals surface area contributed by atoms with Gasteiger partial charge in [-0.3, -0.25) is 9.59 Å². The molecule has 0 spiro atoms. The van der Waals surface area contributed by atoms with Gasteiger partial charge in [-0.25, -0.2) is 4.98 Å². The number of aromatic nitrogens is 4. The van der Waals surface area contributed by atoms with Crippen molar-refractivity contribution in [2.24, 2.45) is 5.92 Å². The van der Waals surface area contributed by atoms with Crippen LogP contribution >= 0.6 is 23.1 Å². The Balaban J connectivity index is 1.80. The van der Waals surface area contributed by atoms with Crippen LogP contribution in [0.4, 0.5) is 5.13 Å². The third-order valence-corrected chi connectivity index (χ3v) is 6.41. The van der Waals surface area contributed by atoms with E-state index in [1.165, 1.54) is 23.1 Å². The molecule has 2 aromatic heterocycles. The number of hydrogen-bond acceptors (Lipinski definition) is 7. The third-order valence-electron chi connectivity index (χ3n) is 4.64. The van der Waals surface area contributed by atoms with Gasteiger partial charge in [0.15, 0.2) is 16.1 Å². The maximum Gasteiger partial charge on any atom is 0.251 e. The van der Waals surface area contributed by atoms with Gasteiger partial charge in [0.1, 0.15) is 0 Å². The second-order valence-corrected chi connectivity index (χ2v) is 9.59. The number of carbonyl (C=O) groups excluding carboxylic acids is 2. The Morgan fingerprint density at radius 2 is 1.97 bits per heavy atom. The number of hydrogen-bond donors (Lipinski definition) is 2. The van der Waals surface area contributed by atoms with Crippen LogP contribution in [0.2, 0.25) is 0 Å². The van der Waals surface area contributed by atoms with E-state index < -0.39 is 5.25 Å². The smallest absolute Gasteiger partial charge is 0.251 e. The van der Waals surface area contributed by atoms with Crippen molar-refractivity contribution in [2.45, 2.75) is 43.8 Å². The zero-order chi connectivity index (χ0) is 23.1. The highest BCUT2D eigenvalue weighted by atomic mass is 32.2. The van der Waals surface area contributed by atoms with Gasteiger partial charge >= 0.3 is 0 Å². The van der Waals surface area contributed by atoms with Crippen LogP contribution in [-0.2, 0) is 11.3 Å². The Hall–Kier alpha value is -2.98. The van der Waals surface area contributed by atoms with E-state index >= 15 is 0 Å². The summed E-state index contributed by atoms with van der Waals surface area (Å²) in [5.74, 6) is 0.346. The van der Waals surface area contributed by atoms with Gasteiger partial charge in [-0.15, -0.1) is 28.1 Å². The molecule has 2 N–H and O–H groups in total. The molecule has 0 radical (unpaired) electrons. The third kappa shape index (κ3) is 5.83. The van der Waals surface area contributed by atoms with Crippen LogP contribution in [-0.4, -0.2) is 36.8 Å². The van der Waals surface area contributed by atoms with Crippen molar-refractivity contribution in [1.82, 2.24) is 25.1 Å². The van der Waals surface area contributed by atoms with E-state index in [0.29, 0.717) is 28.2 Å². The molecule has 0 bridgehead atoms. The van der Waals surface area contributed by atoms with E-state index in [1.807, 2.05) is 36.6 Å². The minimum absolute atomic E-state index is 0.0684. The number of nitrogens with zero attached hydrogens (tertiary/aromatic N) is 4. The largest absolute Gasteiger partial charge is 0.342 e. The molecule has 1 aromatic carbocycles. The average Bonchev–Trinajstić information content (AvgIpc) is 3.43. The minimum atomic E-state index is -0.420. The zero-order valence-electron chi connectivity index (χ0n) is 18.2. The Morgan fingerprint density at radius 1 is 1.22 bits per heavy atom. The van der Waals surface area contributed by atoms with E-state index in [9.17, 15) is 9.59 Å². The molecule has 32 heavy (non-hydrogen) atoms. The minimum Gasteiger partial charge on any atom is -0.342 e. The summed E-state index contributed by atoms with van der Waals surface area (Å²) in [6.45, 7) is 10.1. The highest BCUT2D eigenvalue weighted by molar-refractivity contribution is 8.00. The van der Waals surface area contributed by atoms with E-state index in [4.69, 9.17) is 0 Å². The molecule has 0 saturated carbocycles. The van der Waals surface area contributed by atoms with Gasteiger partial charge in [0.05, 0.1) is 11.3 Å². The highest BCUT2D eigenvalue weighted by Gasteiger charge is 2.27. The van der Waals surface area contributed by atoms with Gasteiger partial charge in [-0.2, -0.15) is 0 Å². The molecule has 10 heteroatoms. The predicted molar refractivity (Wildman–Crippen MR) is 128 cm³/mol. The van der Waals surface area contributed by atoms with Crippen LogP contribution in [0.1, 0.15) is 43.0 Å². The van der Waals surface area contributed by atoms with E-state index in [-0.39, 0.29) is 23.8 Å². The van der Waals surface area contributed by atoms with Crippen LogP contribution in [0.15, 0.2) is 59.7 Å². The lowest BCUT2D eigenvalue weighted by molar-refractivity contribution is -0.115. The van der Waals surface area contributed by atoms with Crippen molar-refractivity contribution < 1.29 is 9.59 Å². The SMILES string of the molecule is C=CCn1c(S[C@H](C)C(=O)Nc2nccs2)nnc1[C@@H](NC(=O)c1ccccc1)C(C)C. The number of benzene rings is 1. The lowest BCUT2D eigenvalue weighted by atomic mass is 10.0. The van der Waals surface area contributed by atoms with Crippen molar-refractivity contribution in [1.29, 1.82) is 0 Å². The summed E-state index contributed by atoms with van der Waals surface area (Å²) in [5, 5.41) is 17.1. The van der Waals surface area contributed by atoms with Crippen molar-refractivity contribution in [3.05, 3.63) is 66.0 Å². The van der Waals surface area contributed by atoms with Gasteiger partial charge in [0, 0.05) is 23.7 Å². The maximum absolute atomic E-state index is 12.8. The first-order chi connectivity index (χ1) is 15.4. The van der Waals surface area contributed by atoms with Gasteiger partial charge in [-0.1, -0.05) is 49.9 Å². The number of allylic oxidation sites excluding steroid dienone is 1. The van der Waals surface area contributed by atoms with Crippen molar-refractivity contribution in [2.75, 3.05) is 5.32 Å². The lowest BCUT2D eigenvalue weighted by Gasteiger charge is -2.23. The van der Waals surface area contributed by atoms with Gasteiger partial charge < -0.3 is 15.2 Å². The lowest BCUT2D eigenvalue weighted by Crippen LogP contribution is -2.34. The quantitative estimate of drug-likeness (QED) is 0.341. The first-order valence-electron chi connectivity index (χ1n) is 10.2. The highest BCUT2D eigenvalue weighted by Crippen LogP contribution is 2.28. The summed E-state index contributed by atoms with van der Waals surface area (Å²) in [5.41, 5.74) is 0.579. The van der Waals surface area contributed by atoms with Crippen LogP contribution in [0.3, 0.4) is 0 Å². The molecule has 0 aliphatic rings. The molecule has 3 aromatic rings. The number of rotatable bonds is 10. The predicted octanol–water partition coefficient (Wildman–Crippen LogP) is 4.17. The van der Waals surface area contributed by atoms with E-state index in [0.717, 1.165) is 0 Å². The molecule has 0 fully saturated rings. The van der Waals surface area contributed by atoms with Crippen LogP contribution in [0, 0.1) is 5.92 Å². The Labute approximate surface area is 195 Å². The molecule has 0 aliphatic heterocycles. The molecule has 2 atom stereocenters. The summed E-state index contributed by atoms with van der Waals surface area (Å²) in [6.07, 6.45) is 3.38. The number of anilines is 1. The second-order valence-electron chi connectivity index (χ2n) is 7.39. The fraction of sp³-hybridized carbons (Fsp3) is 0.318. The number of thioether (sulfide) groups is 1. The number of carbonyl (C=O) groups is 2. The summed E-state index contributed by atoms with van der Waals surface area (Å²) in [7, 11) is 0. The number of nitrogens with one attached hydrogen (secondary N) is 2. The Morgan fingerprint density at radius 3 is 2.59 bits per heavy atom. The fourth-order valence-corrected chi connectivity index (χ4v) is 4.36. The number of amides is 2. The van der Waals surface area contributed by atoms with Gasteiger partial charge in [-0.05, 0) is 25.0 Å². The Bertz CT molecular complexity index is 1050. The first kappa shape index (κ1) is 23.7. The van der Waals surface area contributed by atoms with E-state index in [2.05, 4.69) is 32.4 Å². The maximum atomic E-state index is 12.8. The fourth-order valence-electron chi connectivity index (χ4n) is 2.97. The van der Waals surface area contributed by atoms with Gasteiger partial charge in [0.25, 0.3) is 5.91 Å². The molecule has 0 aliphatic carbocycles. The molecule has 8 nitrogen and oxygen atoms in total. The van der Waals surface area contributed by atoms with Crippen LogP contribution in [0.25, 0.3) is 0 Å². The standard InChI is InChI=1S/C22H26N6O2S2/c1-5-12-28-18(17(14(2)3)24-20(30)16-9-7-6-8-10-16)26-27-22(28)32-15(4)19(29)25-21-23-11-13-31-21/h5-11,13-15,17H,1,12H2,2-4H3,(H,24,30)(H,23,25,29)/t15-,17+/m1/s1. The van der Waals surface area contributed by atoms with Crippen molar-refractivity contribution >= 4 is 40.0 Å². The topological polar surface area (TPSA) is 102 Å². The van der Waals surface area contributed by atoms with Crippen molar-refractivity contribution in [3.63, 3.8) is 0 Å². The summed E-state index contributed by atoms with van der Waals surface area (Å²) < 4.78 is 1.89. The molecule has 2 amide bonds. The molecular weight excluding hydrogens is 444 g/mol. The normalized spacial score (nSPS) is 12.9. The molecular formula is C22H26N6O2S2. The summed E-state index contributed by atoms with van der Waals surface area (Å²) >= 11 is 2.66. The summed E-state index contributed by atoms with van der Waals surface area (Å²) in [4.78, 5) is 29.4. The van der Waals surface area contributed by atoms with Gasteiger partial charge in [0.2, 0.25) is 5.91 Å². The first-order valence-corrected chi connectivity index (χ1v) is 11.9. The second kappa shape index (κ2) is 11.1. The molecule has 168 valence electrons. The van der Waals surface area contributed by atoms with Crippen LogP contribution in [0.5, 0.6) is 0 Å². The molecule has 0 unspecified atom stereocenters. The van der Waals surface area contributed by atoms with Crippen LogP contribution < -0.4 is 10.6 Å². The molecule has 2 heterocycles. The monoisotopic (exact) mass is 470 g/mol. The summed E-state index contributed by atoms with van der Waals surface area (Å²) in [6, 6.07) is 8.70. The molecule has 0 saturated heterocycles. The number of thiazole rings is 1. The van der Waals surface area contributed by atoms with E-state index in [1.54, 1.807) is 36.7 Å². The molecule has 3 rings (SSSR count).